The largest absolute Gasteiger partial charge is 0.394 e. The summed E-state index contributed by atoms with van der Waals surface area (Å²) < 4.78 is 11.0. The monoisotopic (exact) mass is 442 g/mol. The normalized spacial score (nSPS) is 22.5. The van der Waals surface area contributed by atoms with Gasteiger partial charge in [0.25, 0.3) is 0 Å². The lowest BCUT2D eigenvalue weighted by atomic mass is 10.0. The molecule has 0 bridgehead atoms. The predicted molar refractivity (Wildman–Crippen MR) is 127 cm³/mol. The van der Waals surface area contributed by atoms with E-state index in [0.29, 0.717) is 6.61 Å². The quantitative estimate of drug-likeness (QED) is 0.166. The first-order chi connectivity index (χ1) is 15.2. The molecule has 0 radical (unpaired) electrons. The van der Waals surface area contributed by atoms with Crippen molar-refractivity contribution in [1.82, 2.24) is 0 Å². The van der Waals surface area contributed by atoms with Crippen molar-refractivity contribution in [1.29, 1.82) is 0 Å². The SMILES string of the molecule is CCCCC/C=C/CCCCCCCCCCCCCO[C@@H](CO)[C@H]1OC[C@@H](O)[C@H]1O. The van der Waals surface area contributed by atoms with Gasteiger partial charge in [-0.25, -0.2) is 0 Å². The lowest BCUT2D eigenvalue weighted by molar-refractivity contribution is -0.101. The van der Waals surface area contributed by atoms with E-state index in [1.54, 1.807) is 0 Å². The molecule has 0 unspecified atom stereocenters. The summed E-state index contributed by atoms with van der Waals surface area (Å²) >= 11 is 0. The average Bonchev–Trinajstić information content (AvgIpc) is 3.11. The first-order valence-electron chi connectivity index (χ1n) is 13.1. The van der Waals surface area contributed by atoms with Crippen molar-refractivity contribution in [2.45, 2.75) is 134 Å². The van der Waals surface area contributed by atoms with Gasteiger partial charge in [-0.15, -0.1) is 0 Å². The van der Waals surface area contributed by atoms with Crippen molar-refractivity contribution in [3.8, 4) is 0 Å². The second kappa shape index (κ2) is 20.2. The zero-order valence-corrected chi connectivity index (χ0v) is 20.1. The summed E-state index contributed by atoms with van der Waals surface area (Å²) in [5.74, 6) is 0. The number of aliphatic hydroxyl groups is 3. The van der Waals surface area contributed by atoms with Gasteiger partial charge < -0.3 is 24.8 Å². The van der Waals surface area contributed by atoms with Crippen molar-refractivity contribution < 1.29 is 24.8 Å². The fourth-order valence-corrected chi connectivity index (χ4v) is 4.14. The van der Waals surface area contributed by atoms with Crippen LogP contribution in [0.3, 0.4) is 0 Å². The molecule has 0 aromatic rings. The Morgan fingerprint density at radius 1 is 0.806 bits per heavy atom. The van der Waals surface area contributed by atoms with Crippen molar-refractivity contribution in [3.63, 3.8) is 0 Å². The standard InChI is InChI=1S/C26H50O5/c1-2-3-4-5-6-7-8-9-10-11-12-13-14-15-16-17-18-19-20-30-24(21-27)26-25(29)23(28)22-31-26/h6-7,23-29H,2-5,8-22H2,1H3/b7-6+/t23-,24+,25-,26-/m1/s1. The molecule has 31 heavy (non-hydrogen) atoms. The highest BCUT2D eigenvalue weighted by atomic mass is 16.6. The van der Waals surface area contributed by atoms with Crippen LogP contribution in [0, 0.1) is 0 Å². The molecule has 1 heterocycles. The molecule has 1 aliphatic heterocycles. The van der Waals surface area contributed by atoms with Crippen LogP contribution in [0.5, 0.6) is 0 Å². The molecule has 0 aromatic heterocycles. The fourth-order valence-electron chi connectivity index (χ4n) is 4.14. The van der Waals surface area contributed by atoms with E-state index in [9.17, 15) is 15.3 Å². The van der Waals surface area contributed by atoms with E-state index in [2.05, 4.69) is 19.1 Å². The molecule has 4 atom stereocenters. The number of aliphatic hydroxyl groups excluding tert-OH is 3. The minimum absolute atomic E-state index is 0.0994. The number of hydrogen-bond donors (Lipinski definition) is 3. The van der Waals surface area contributed by atoms with Crippen LogP contribution in [0.25, 0.3) is 0 Å². The highest BCUT2D eigenvalue weighted by Crippen LogP contribution is 2.20. The number of rotatable bonds is 21. The van der Waals surface area contributed by atoms with Gasteiger partial charge in [0, 0.05) is 6.61 Å². The first kappa shape index (κ1) is 28.6. The van der Waals surface area contributed by atoms with Crippen LogP contribution in [0.15, 0.2) is 12.2 Å². The summed E-state index contributed by atoms with van der Waals surface area (Å²) in [6.07, 6.45) is 22.3. The lowest BCUT2D eigenvalue weighted by Crippen LogP contribution is -2.42. The van der Waals surface area contributed by atoms with Gasteiger partial charge in [0.1, 0.15) is 24.4 Å². The molecule has 184 valence electrons. The Bertz CT molecular complexity index is 415. The van der Waals surface area contributed by atoms with Crippen molar-refractivity contribution in [2.75, 3.05) is 19.8 Å². The summed E-state index contributed by atoms with van der Waals surface area (Å²) in [7, 11) is 0. The predicted octanol–water partition coefficient (Wildman–Crippen LogP) is 5.30. The Labute approximate surface area is 191 Å². The number of unbranched alkanes of at least 4 members (excludes halogenated alkanes) is 14. The van der Waals surface area contributed by atoms with E-state index in [0.717, 1.165) is 12.8 Å². The van der Waals surface area contributed by atoms with Gasteiger partial charge in [-0.3, -0.25) is 0 Å². The van der Waals surface area contributed by atoms with Gasteiger partial charge in [0.05, 0.1) is 13.2 Å². The van der Waals surface area contributed by atoms with E-state index in [4.69, 9.17) is 9.47 Å². The third-order valence-electron chi connectivity index (χ3n) is 6.22. The third-order valence-corrected chi connectivity index (χ3v) is 6.22. The highest BCUT2D eigenvalue weighted by molar-refractivity contribution is 4.88. The molecular formula is C26H50O5. The fraction of sp³-hybridized carbons (Fsp3) is 0.923. The zero-order chi connectivity index (χ0) is 22.6. The van der Waals surface area contributed by atoms with Gasteiger partial charge in [0.2, 0.25) is 0 Å². The van der Waals surface area contributed by atoms with Crippen molar-refractivity contribution in [2.24, 2.45) is 0 Å². The molecular weight excluding hydrogens is 392 g/mol. The van der Waals surface area contributed by atoms with E-state index >= 15 is 0 Å². The second-order valence-corrected chi connectivity index (χ2v) is 9.09. The molecule has 0 aromatic carbocycles. The topological polar surface area (TPSA) is 79.2 Å². The maximum atomic E-state index is 9.85. The summed E-state index contributed by atoms with van der Waals surface area (Å²) in [5.41, 5.74) is 0. The summed E-state index contributed by atoms with van der Waals surface area (Å²) in [6, 6.07) is 0. The highest BCUT2D eigenvalue weighted by Gasteiger charge is 2.40. The van der Waals surface area contributed by atoms with Gasteiger partial charge in [-0.1, -0.05) is 89.7 Å². The van der Waals surface area contributed by atoms with Crippen LogP contribution in [0.2, 0.25) is 0 Å². The first-order valence-corrected chi connectivity index (χ1v) is 13.1. The van der Waals surface area contributed by atoms with Crippen LogP contribution >= 0.6 is 0 Å². The van der Waals surface area contributed by atoms with Gasteiger partial charge in [-0.2, -0.15) is 0 Å². The maximum absolute atomic E-state index is 9.85. The van der Waals surface area contributed by atoms with E-state index in [1.165, 1.54) is 89.9 Å². The second-order valence-electron chi connectivity index (χ2n) is 9.09. The Kier molecular flexibility index (Phi) is 18.6. The Balaban J connectivity index is 1.80. The summed E-state index contributed by atoms with van der Waals surface area (Å²) in [4.78, 5) is 0. The third kappa shape index (κ3) is 14.3. The number of allylic oxidation sites excluding steroid dienone is 2. The number of hydrogen-bond acceptors (Lipinski definition) is 5. The average molecular weight is 443 g/mol. The van der Waals surface area contributed by atoms with Gasteiger partial charge in [-0.05, 0) is 32.1 Å². The molecule has 5 heteroatoms. The molecule has 1 fully saturated rings. The lowest BCUT2D eigenvalue weighted by Gasteiger charge is -2.24. The van der Waals surface area contributed by atoms with Crippen LogP contribution in [-0.2, 0) is 9.47 Å². The molecule has 0 saturated carbocycles. The van der Waals surface area contributed by atoms with Gasteiger partial charge >= 0.3 is 0 Å². The molecule has 3 N–H and O–H groups in total. The maximum Gasteiger partial charge on any atom is 0.114 e. The minimum atomic E-state index is -0.977. The Morgan fingerprint density at radius 2 is 1.32 bits per heavy atom. The van der Waals surface area contributed by atoms with Crippen molar-refractivity contribution in [3.05, 3.63) is 12.2 Å². The number of ether oxygens (including phenoxy) is 2. The van der Waals surface area contributed by atoms with Crippen LogP contribution in [-0.4, -0.2) is 59.6 Å². The minimum Gasteiger partial charge on any atom is -0.394 e. The molecule has 0 aliphatic carbocycles. The molecule has 0 spiro atoms. The van der Waals surface area contributed by atoms with Crippen molar-refractivity contribution >= 4 is 0 Å². The van der Waals surface area contributed by atoms with E-state index in [1.807, 2.05) is 0 Å². The summed E-state index contributed by atoms with van der Waals surface area (Å²) in [6.45, 7) is 2.71. The molecule has 1 aliphatic rings. The van der Waals surface area contributed by atoms with Crippen LogP contribution in [0.1, 0.15) is 110 Å². The van der Waals surface area contributed by atoms with Crippen LogP contribution in [0.4, 0.5) is 0 Å². The summed E-state index contributed by atoms with van der Waals surface area (Å²) in [5, 5.41) is 28.8. The molecule has 5 nitrogen and oxygen atoms in total. The smallest absolute Gasteiger partial charge is 0.114 e. The Hall–Kier alpha value is -0.460. The van der Waals surface area contributed by atoms with Crippen LogP contribution < -0.4 is 0 Å². The van der Waals surface area contributed by atoms with E-state index in [-0.39, 0.29) is 13.2 Å². The molecule has 1 saturated heterocycles. The Morgan fingerprint density at radius 3 is 1.81 bits per heavy atom. The zero-order valence-electron chi connectivity index (χ0n) is 20.1. The molecule has 0 amide bonds. The van der Waals surface area contributed by atoms with E-state index < -0.39 is 24.4 Å². The van der Waals surface area contributed by atoms with Gasteiger partial charge in [0.15, 0.2) is 0 Å². The molecule has 1 rings (SSSR count).